The zero-order chi connectivity index (χ0) is 16.2. The third-order valence-corrected chi connectivity index (χ3v) is 3.68. The van der Waals surface area contributed by atoms with Crippen molar-refractivity contribution in [2.45, 2.75) is 0 Å². The number of nitrogens with one attached hydrogen (secondary N) is 1. The first-order valence-corrected chi connectivity index (χ1v) is 7.30. The van der Waals surface area contributed by atoms with Gasteiger partial charge in [0, 0.05) is 11.6 Å². The normalized spacial score (nSPS) is 12.5. The molecule has 6 heteroatoms. The molecule has 0 spiro atoms. The number of hydrogen-bond acceptors (Lipinski definition) is 5. The molecule has 0 aromatic heterocycles. The zero-order valence-corrected chi connectivity index (χ0v) is 13.1. The maximum Gasteiger partial charge on any atom is 0.364 e. The lowest BCUT2D eigenvalue weighted by Crippen LogP contribution is -2.21. The van der Waals surface area contributed by atoms with Crippen molar-refractivity contribution < 1.29 is 19.1 Å². The van der Waals surface area contributed by atoms with Crippen LogP contribution in [0.1, 0.15) is 15.9 Å². The van der Waals surface area contributed by atoms with Gasteiger partial charge in [-0.3, -0.25) is 0 Å². The molecular weight excluding hydrogens is 318 g/mol. The molecule has 0 bridgehead atoms. The molecule has 5 nitrogen and oxygen atoms in total. The van der Waals surface area contributed by atoms with E-state index in [1.807, 2.05) is 6.07 Å². The first-order chi connectivity index (χ1) is 11.2. The fourth-order valence-corrected chi connectivity index (χ4v) is 2.39. The Balaban J connectivity index is 1.74. The highest BCUT2D eigenvalue weighted by Crippen LogP contribution is 2.32. The van der Waals surface area contributed by atoms with Crippen LogP contribution in [-0.2, 0) is 4.84 Å². The molecule has 0 saturated heterocycles. The fourth-order valence-electron chi connectivity index (χ4n) is 2.18. The van der Waals surface area contributed by atoms with Crippen molar-refractivity contribution in [3.8, 4) is 11.5 Å². The number of hydroxylamine groups is 1. The van der Waals surface area contributed by atoms with Gasteiger partial charge in [0.25, 0.3) is 0 Å². The summed E-state index contributed by atoms with van der Waals surface area (Å²) in [7, 11) is 1.59. The Morgan fingerprint density at radius 2 is 2.09 bits per heavy atom. The van der Waals surface area contributed by atoms with Gasteiger partial charge < -0.3 is 14.3 Å². The summed E-state index contributed by atoms with van der Waals surface area (Å²) in [5, 5.41) is 0.338. The molecule has 1 heterocycles. The first kappa shape index (κ1) is 15.2. The second kappa shape index (κ2) is 6.62. The number of ether oxygens (including phenoxy) is 2. The molecule has 3 rings (SSSR count). The van der Waals surface area contributed by atoms with Crippen LogP contribution in [0, 0.1) is 0 Å². The second-order valence-corrected chi connectivity index (χ2v) is 5.17. The van der Waals surface area contributed by atoms with Gasteiger partial charge in [-0.25, -0.2) is 10.3 Å². The lowest BCUT2D eigenvalue weighted by molar-refractivity contribution is 0.0367. The van der Waals surface area contributed by atoms with Crippen LogP contribution >= 0.6 is 11.6 Å². The van der Waals surface area contributed by atoms with Crippen LogP contribution in [0.5, 0.6) is 11.5 Å². The van der Waals surface area contributed by atoms with E-state index < -0.39 is 5.97 Å². The Hall–Kier alpha value is -2.66. The minimum atomic E-state index is -0.557. The molecule has 2 aromatic rings. The average Bonchev–Trinajstić information content (AvgIpc) is 2.59. The first-order valence-electron chi connectivity index (χ1n) is 6.92. The molecule has 0 atom stereocenters. The summed E-state index contributed by atoms with van der Waals surface area (Å²) in [6.45, 7) is 0.367. The Labute approximate surface area is 138 Å². The van der Waals surface area contributed by atoms with Crippen molar-refractivity contribution in [3.05, 3.63) is 64.7 Å². The van der Waals surface area contributed by atoms with Gasteiger partial charge in [-0.1, -0.05) is 23.7 Å². The van der Waals surface area contributed by atoms with Gasteiger partial charge in [0.05, 0.1) is 23.4 Å². The molecule has 0 radical (unpaired) electrons. The van der Waals surface area contributed by atoms with Crippen molar-refractivity contribution in [1.82, 2.24) is 5.48 Å². The molecule has 23 heavy (non-hydrogen) atoms. The van der Waals surface area contributed by atoms with E-state index in [4.69, 9.17) is 25.9 Å². The van der Waals surface area contributed by atoms with E-state index in [9.17, 15) is 4.79 Å². The summed E-state index contributed by atoms with van der Waals surface area (Å²) >= 11 is 5.98. The third-order valence-electron chi connectivity index (χ3n) is 3.35. The number of carbonyl (C=O) groups is 1. The molecule has 118 valence electrons. The molecule has 0 aliphatic carbocycles. The Bertz CT molecular complexity index is 773. The number of benzene rings is 2. The van der Waals surface area contributed by atoms with Crippen LogP contribution in [0.15, 0.2) is 48.5 Å². The highest BCUT2D eigenvalue weighted by atomic mass is 35.5. The van der Waals surface area contributed by atoms with Crippen molar-refractivity contribution in [3.63, 3.8) is 0 Å². The molecule has 2 aromatic carbocycles. The van der Waals surface area contributed by atoms with E-state index in [2.05, 4.69) is 5.48 Å². The van der Waals surface area contributed by atoms with Crippen LogP contribution in [0.2, 0.25) is 5.02 Å². The maximum absolute atomic E-state index is 12.1. The fraction of sp³-hybridized carbons (Fsp3) is 0.118. The SMILES string of the molecule is COc1ccc2c(c1)OCC=C2NOC(=O)c1ccccc1Cl. The van der Waals surface area contributed by atoms with E-state index in [1.165, 1.54) is 0 Å². The van der Waals surface area contributed by atoms with Crippen LogP contribution in [0.4, 0.5) is 0 Å². The standard InChI is InChI=1S/C17H14ClNO4/c1-21-11-6-7-13-15(8-9-22-16(13)10-11)19-23-17(20)12-4-2-3-5-14(12)18/h2-8,10,19H,9H2,1H3. The monoisotopic (exact) mass is 331 g/mol. The van der Waals surface area contributed by atoms with Gasteiger partial charge in [0.15, 0.2) is 0 Å². The molecule has 0 unspecified atom stereocenters. The summed E-state index contributed by atoms with van der Waals surface area (Å²) in [5.74, 6) is 0.791. The van der Waals surface area contributed by atoms with Gasteiger partial charge in [-0.15, -0.1) is 0 Å². The Morgan fingerprint density at radius 3 is 2.87 bits per heavy atom. The van der Waals surface area contributed by atoms with Crippen molar-refractivity contribution >= 4 is 23.3 Å². The van der Waals surface area contributed by atoms with E-state index in [0.717, 1.165) is 5.56 Å². The van der Waals surface area contributed by atoms with Crippen molar-refractivity contribution in [1.29, 1.82) is 0 Å². The van der Waals surface area contributed by atoms with Crippen LogP contribution in [0.3, 0.4) is 0 Å². The predicted octanol–water partition coefficient (Wildman–Crippen LogP) is 3.44. The largest absolute Gasteiger partial charge is 0.497 e. The molecule has 0 amide bonds. The summed E-state index contributed by atoms with van der Waals surface area (Å²) in [5.41, 5.74) is 4.40. The van der Waals surface area contributed by atoms with E-state index >= 15 is 0 Å². The Morgan fingerprint density at radius 1 is 1.26 bits per heavy atom. The maximum atomic E-state index is 12.1. The summed E-state index contributed by atoms with van der Waals surface area (Å²) < 4.78 is 10.7. The van der Waals surface area contributed by atoms with Gasteiger partial charge in [0.2, 0.25) is 0 Å². The van der Waals surface area contributed by atoms with Gasteiger partial charge in [-0.2, -0.15) is 0 Å². The number of fused-ring (bicyclic) bond motifs is 1. The molecule has 1 N–H and O–H groups in total. The van der Waals surface area contributed by atoms with Crippen LogP contribution < -0.4 is 15.0 Å². The van der Waals surface area contributed by atoms with E-state index in [0.29, 0.717) is 34.4 Å². The number of methoxy groups -OCH3 is 1. The smallest absolute Gasteiger partial charge is 0.364 e. The quantitative estimate of drug-likeness (QED) is 0.870. The number of carbonyl (C=O) groups excluding carboxylic acids is 1. The van der Waals surface area contributed by atoms with Gasteiger partial charge in [0.1, 0.15) is 18.1 Å². The number of hydrogen-bond donors (Lipinski definition) is 1. The predicted molar refractivity (Wildman–Crippen MR) is 86.5 cm³/mol. The average molecular weight is 332 g/mol. The number of rotatable bonds is 4. The van der Waals surface area contributed by atoms with E-state index in [-0.39, 0.29) is 0 Å². The summed E-state index contributed by atoms with van der Waals surface area (Å²) in [4.78, 5) is 17.2. The lowest BCUT2D eigenvalue weighted by Gasteiger charge is -2.20. The molecule has 1 aliphatic heterocycles. The minimum Gasteiger partial charge on any atom is -0.497 e. The molecular formula is C17H14ClNO4. The van der Waals surface area contributed by atoms with E-state index in [1.54, 1.807) is 49.6 Å². The second-order valence-electron chi connectivity index (χ2n) is 4.76. The third kappa shape index (κ3) is 3.24. The molecule has 1 aliphatic rings. The Kier molecular flexibility index (Phi) is 4.39. The van der Waals surface area contributed by atoms with Crippen molar-refractivity contribution in [2.24, 2.45) is 0 Å². The summed E-state index contributed by atoms with van der Waals surface area (Å²) in [6, 6.07) is 12.1. The lowest BCUT2D eigenvalue weighted by atomic mass is 10.1. The van der Waals surface area contributed by atoms with Gasteiger partial charge >= 0.3 is 5.97 Å². The number of halogens is 1. The van der Waals surface area contributed by atoms with Crippen LogP contribution in [0.25, 0.3) is 5.70 Å². The zero-order valence-electron chi connectivity index (χ0n) is 12.3. The molecule has 0 saturated carbocycles. The van der Waals surface area contributed by atoms with Gasteiger partial charge in [-0.05, 0) is 30.3 Å². The molecule has 0 fully saturated rings. The topological polar surface area (TPSA) is 56.8 Å². The highest BCUT2D eigenvalue weighted by Gasteiger charge is 2.17. The minimum absolute atomic E-state index is 0.296. The summed E-state index contributed by atoms with van der Waals surface area (Å²) in [6.07, 6.45) is 1.79. The van der Waals surface area contributed by atoms with Crippen molar-refractivity contribution in [2.75, 3.05) is 13.7 Å². The highest BCUT2D eigenvalue weighted by molar-refractivity contribution is 6.33. The van der Waals surface area contributed by atoms with Crippen LogP contribution in [-0.4, -0.2) is 19.7 Å².